The number of rotatable bonds is 5. The fourth-order valence-corrected chi connectivity index (χ4v) is 3.55. The molecule has 1 aliphatic heterocycles. The Labute approximate surface area is 171 Å². The number of fused-ring (bicyclic) bond motifs is 1. The molecule has 0 spiro atoms. The minimum atomic E-state index is -0.803. The Kier molecular flexibility index (Phi) is 5.07. The number of benzene rings is 2. The van der Waals surface area contributed by atoms with Crippen molar-refractivity contribution in [3.8, 4) is 11.1 Å². The highest BCUT2D eigenvalue weighted by atomic mass is 35.5. The molecule has 2 heterocycles. The molecule has 4 rings (SSSR count). The molecule has 1 unspecified atom stereocenters. The van der Waals surface area contributed by atoms with Gasteiger partial charge in [-0.2, -0.15) is 5.10 Å². The monoisotopic (exact) mass is 412 g/mol. The second-order valence-electron chi connectivity index (χ2n) is 6.71. The molecule has 0 aliphatic carbocycles. The lowest BCUT2D eigenvalue weighted by atomic mass is 10.0. The van der Waals surface area contributed by atoms with Gasteiger partial charge in [0.15, 0.2) is 0 Å². The number of carbonyl (C=O) groups is 2. The summed E-state index contributed by atoms with van der Waals surface area (Å²) in [4.78, 5) is 25.0. The van der Waals surface area contributed by atoms with E-state index in [0.717, 1.165) is 16.8 Å². The van der Waals surface area contributed by atoms with E-state index in [0.29, 0.717) is 17.3 Å². The van der Waals surface area contributed by atoms with E-state index in [2.05, 4.69) is 15.7 Å². The summed E-state index contributed by atoms with van der Waals surface area (Å²) in [5, 5.41) is 10.5. The summed E-state index contributed by atoms with van der Waals surface area (Å²) >= 11 is 5.98. The molecule has 0 radical (unpaired) electrons. The van der Waals surface area contributed by atoms with Gasteiger partial charge in [-0.1, -0.05) is 42.8 Å². The maximum absolute atomic E-state index is 13.8. The van der Waals surface area contributed by atoms with Crippen LogP contribution in [0.1, 0.15) is 25.1 Å². The van der Waals surface area contributed by atoms with Gasteiger partial charge in [0.25, 0.3) is 5.91 Å². The number of hydrogen-bond acceptors (Lipinski definition) is 3. The zero-order valence-electron chi connectivity index (χ0n) is 15.6. The molecule has 0 bridgehead atoms. The zero-order chi connectivity index (χ0) is 20.5. The van der Waals surface area contributed by atoms with Gasteiger partial charge in [-0.05, 0) is 36.2 Å². The molecule has 148 valence electrons. The van der Waals surface area contributed by atoms with Crippen LogP contribution in [0.25, 0.3) is 11.1 Å². The molecule has 8 heteroatoms. The summed E-state index contributed by atoms with van der Waals surface area (Å²) < 4.78 is 15.3. The molecule has 1 aromatic heterocycles. The topological polar surface area (TPSA) is 76.0 Å². The Bertz CT molecular complexity index is 1090. The maximum atomic E-state index is 13.8. The summed E-state index contributed by atoms with van der Waals surface area (Å²) in [7, 11) is 0. The summed E-state index contributed by atoms with van der Waals surface area (Å²) in [6.07, 6.45) is 0.500. The number of anilines is 2. The van der Waals surface area contributed by atoms with E-state index >= 15 is 0 Å². The van der Waals surface area contributed by atoms with Crippen molar-refractivity contribution in [3.05, 3.63) is 65.1 Å². The van der Waals surface area contributed by atoms with Crippen molar-refractivity contribution in [1.82, 2.24) is 9.78 Å². The Morgan fingerprint density at radius 2 is 1.97 bits per heavy atom. The van der Waals surface area contributed by atoms with E-state index in [1.165, 1.54) is 18.2 Å². The molecule has 3 aromatic rings. The molecule has 2 N–H and O–H groups in total. The minimum Gasteiger partial charge on any atom is -0.324 e. The number of aryl methyl sites for hydroxylation is 1. The minimum absolute atomic E-state index is 0.0766. The third-order valence-corrected chi connectivity index (χ3v) is 5.07. The number of halogens is 2. The van der Waals surface area contributed by atoms with Crippen LogP contribution in [0.2, 0.25) is 5.02 Å². The second kappa shape index (κ2) is 7.67. The number of nitrogens with zero attached hydrogens (tertiary/aromatic N) is 2. The van der Waals surface area contributed by atoms with Crippen LogP contribution in [0.5, 0.6) is 0 Å². The van der Waals surface area contributed by atoms with Crippen LogP contribution in [-0.2, 0) is 16.0 Å². The molecule has 6 nitrogen and oxygen atoms in total. The first kappa shape index (κ1) is 19.1. The average Bonchev–Trinajstić information content (AvgIpc) is 3.20. The van der Waals surface area contributed by atoms with Crippen molar-refractivity contribution in [2.24, 2.45) is 0 Å². The highest BCUT2D eigenvalue weighted by Crippen LogP contribution is 2.39. The Hall–Kier alpha value is -3.19. The van der Waals surface area contributed by atoms with Crippen LogP contribution < -0.4 is 10.6 Å². The van der Waals surface area contributed by atoms with Crippen LogP contribution in [0.3, 0.4) is 0 Å². The number of hydrogen-bond donors (Lipinski definition) is 2. The predicted octanol–water partition coefficient (Wildman–Crippen LogP) is 4.43. The molecular weight excluding hydrogens is 395 g/mol. The standard InChI is InChI=1S/C21H18ClFN4O2/c1-2-15-19(12-7-9-13(22)10-8-12)20-25-21(29)17(27(20)26-15)11-18(28)24-16-6-4-3-5-14(16)23/h3-10,17H,2,11H2,1H3,(H,24,28)(H,25,29). The molecule has 29 heavy (non-hydrogen) atoms. The van der Waals surface area contributed by atoms with Gasteiger partial charge in [-0.25, -0.2) is 9.07 Å². The van der Waals surface area contributed by atoms with Crippen LogP contribution in [0.15, 0.2) is 48.5 Å². The van der Waals surface area contributed by atoms with Gasteiger partial charge < -0.3 is 10.6 Å². The van der Waals surface area contributed by atoms with Gasteiger partial charge in [0, 0.05) is 10.6 Å². The average molecular weight is 413 g/mol. The van der Waals surface area contributed by atoms with Crippen molar-refractivity contribution in [2.75, 3.05) is 10.6 Å². The predicted molar refractivity (Wildman–Crippen MR) is 109 cm³/mol. The number of aromatic nitrogens is 2. The number of carbonyl (C=O) groups excluding carboxylic acids is 2. The molecular formula is C21H18ClFN4O2. The van der Waals surface area contributed by atoms with Gasteiger partial charge >= 0.3 is 0 Å². The summed E-state index contributed by atoms with van der Waals surface area (Å²) in [6, 6.07) is 12.4. The van der Waals surface area contributed by atoms with E-state index in [-0.39, 0.29) is 18.0 Å². The van der Waals surface area contributed by atoms with Crippen LogP contribution in [0.4, 0.5) is 15.9 Å². The van der Waals surface area contributed by atoms with Gasteiger partial charge in [-0.15, -0.1) is 0 Å². The van der Waals surface area contributed by atoms with Crippen molar-refractivity contribution in [1.29, 1.82) is 0 Å². The molecule has 0 fully saturated rings. The van der Waals surface area contributed by atoms with Gasteiger partial charge in [-0.3, -0.25) is 9.59 Å². The second-order valence-corrected chi connectivity index (χ2v) is 7.15. The van der Waals surface area contributed by atoms with Crippen molar-refractivity contribution < 1.29 is 14.0 Å². The number of amides is 2. The Morgan fingerprint density at radius 3 is 2.66 bits per heavy atom. The highest BCUT2D eigenvalue weighted by Gasteiger charge is 2.36. The fourth-order valence-electron chi connectivity index (χ4n) is 3.42. The first-order chi connectivity index (χ1) is 14.0. The SMILES string of the molecule is CCc1nn2c(c1-c1ccc(Cl)cc1)NC(=O)C2CC(=O)Nc1ccccc1F. The Morgan fingerprint density at radius 1 is 1.24 bits per heavy atom. The molecule has 0 saturated heterocycles. The smallest absolute Gasteiger partial charge is 0.251 e. The summed E-state index contributed by atoms with van der Waals surface area (Å²) in [5.74, 6) is -0.772. The molecule has 2 aromatic carbocycles. The number of nitrogens with one attached hydrogen (secondary N) is 2. The van der Waals surface area contributed by atoms with Crippen LogP contribution in [-0.4, -0.2) is 21.6 Å². The van der Waals surface area contributed by atoms with E-state index in [9.17, 15) is 14.0 Å². The third kappa shape index (κ3) is 3.61. The first-order valence-corrected chi connectivity index (χ1v) is 9.58. The third-order valence-electron chi connectivity index (χ3n) is 4.82. The van der Waals surface area contributed by atoms with Crippen molar-refractivity contribution in [3.63, 3.8) is 0 Å². The van der Waals surface area contributed by atoms with Gasteiger partial charge in [0.1, 0.15) is 17.7 Å². The lowest BCUT2D eigenvalue weighted by Crippen LogP contribution is -2.24. The van der Waals surface area contributed by atoms with E-state index < -0.39 is 17.8 Å². The maximum Gasteiger partial charge on any atom is 0.251 e. The van der Waals surface area contributed by atoms with Crippen LogP contribution in [0, 0.1) is 5.82 Å². The van der Waals surface area contributed by atoms with E-state index in [4.69, 9.17) is 11.6 Å². The van der Waals surface area contributed by atoms with Crippen LogP contribution >= 0.6 is 11.6 Å². The van der Waals surface area contributed by atoms with E-state index in [1.807, 2.05) is 19.1 Å². The zero-order valence-corrected chi connectivity index (χ0v) is 16.3. The largest absolute Gasteiger partial charge is 0.324 e. The highest BCUT2D eigenvalue weighted by molar-refractivity contribution is 6.30. The molecule has 2 amide bonds. The fraction of sp³-hybridized carbons (Fsp3) is 0.190. The van der Waals surface area contributed by atoms with E-state index in [1.54, 1.807) is 22.9 Å². The summed E-state index contributed by atoms with van der Waals surface area (Å²) in [6.45, 7) is 1.97. The van der Waals surface area contributed by atoms with Gasteiger partial charge in [0.2, 0.25) is 5.91 Å². The quantitative estimate of drug-likeness (QED) is 0.651. The lowest BCUT2D eigenvalue weighted by Gasteiger charge is -2.10. The summed E-state index contributed by atoms with van der Waals surface area (Å²) in [5.41, 5.74) is 2.58. The number of para-hydroxylation sites is 1. The molecule has 0 saturated carbocycles. The lowest BCUT2D eigenvalue weighted by molar-refractivity contribution is -0.123. The molecule has 1 aliphatic rings. The van der Waals surface area contributed by atoms with Crippen molar-refractivity contribution >= 4 is 34.9 Å². The Balaban J connectivity index is 1.62. The van der Waals surface area contributed by atoms with Gasteiger partial charge in [0.05, 0.1) is 17.8 Å². The van der Waals surface area contributed by atoms with Crippen molar-refractivity contribution in [2.45, 2.75) is 25.8 Å². The normalized spacial score (nSPS) is 15.1. The molecule has 1 atom stereocenters. The first-order valence-electron chi connectivity index (χ1n) is 9.20.